The molecular formula is C69H45N7. The largest absolute Gasteiger partial charge is 0.309 e. The number of fused-ring (bicyclic) bond motifs is 13. The highest BCUT2D eigenvalue weighted by atomic mass is 15.3. The summed E-state index contributed by atoms with van der Waals surface area (Å²) in [5.41, 5.74) is 10.8. The normalized spacial score (nSPS) is 12.8. The average molecular weight is 972 g/mol. The van der Waals surface area contributed by atoms with Gasteiger partial charge in [-0.25, -0.2) is 0 Å². The van der Waals surface area contributed by atoms with Crippen molar-refractivity contribution >= 4 is 121 Å². The number of rotatable bonds is 5. The number of benzene rings is 11. The Bertz CT molecular complexity index is 5280. The summed E-state index contributed by atoms with van der Waals surface area (Å²) < 4.78 is 9.34. The van der Waals surface area contributed by atoms with Gasteiger partial charge in [0.1, 0.15) is 0 Å². The third-order valence-electron chi connectivity index (χ3n) is 15.9. The third kappa shape index (κ3) is 6.14. The van der Waals surface area contributed by atoms with E-state index in [1.807, 2.05) is 0 Å². The molecule has 16 rings (SSSR count). The highest BCUT2D eigenvalue weighted by Gasteiger charge is 2.24. The first kappa shape index (κ1) is 42.4. The number of hydrogen-bond acceptors (Lipinski definition) is 3. The van der Waals surface area contributed by atoms with Crippen molar-refractivity contribution in [2.45, 2.75) is 13.8 Å². The average Bonchev–Trinajstić information content (AvgIpc) is 4.20. The maximum atomic E-state index is 5.65. The minimum atomic E-state index is 0.539. The van der Waals surface area contributed by atoms with E-state index < -0.39 is 0 Å². The van der Waals surface area contributed by atoms with Gasteiger partial charge in [-0.3, -0.25) is 9.13 Å². The zero-order valence-corrected chi connectivity index (χ0v) is 41.6. The van der Waals surface area contributed by atoms with Crippen molar-refractivity contribution in [1.82, 2.24) is 33.2 Å². The summed E-state index contributed by atoms with van der Waals surface area (Å²) in [5.74, 6) is 1.67. The van der Waals surface area contributed by atoms with Crippen LogP contribution in [0.2, 0.25) is 0 Å². The Balaban J connectivity index is 0.989. The van der Waals surface area contributed by atoms with E-state index >= 15 is 0 Å². The number of nitrogens with zero attached hydrogens (tertiary/aromatic N) is 7. The molecule has 0 amide bonds. The molecule has 0 radical (unpaired) electrons. The Labute approximate surface area is 435 Å². The summed E-state index contributed by atoms with van der Waals surface area (Å²) in [5, 5.41) is 17.3. The van der Waals surface area contributed by atoms with Gasteiger partial charge in [0.25, 0.3) is 0 Å². The van der Waals surface area contributed by atoms with Crippen molar-refractivity contribution < 1.29 is 0 Å². The molecule has 7 heteroatoms. The third-order valence-corrected chi connectivity index (χ3v) is 15.9. The van der Waals surface area contributed by atoms with Gasteiger partial charge < -0.3 is 9.13 Å². The van der Waals surface area contributed by atoms with E-state index in [1.165, 1.54) is 32.3 Å². The van der Waals surface area contributed by atoms with Crippen molar-refractivity contribution in [2.75, 3.05) is 0 Å². The smallest absolute Gasteiger partial charge is 0.240 e. The van der Waals surface area contributed by atoms with Crippen LogP contribution in [0.25, 0.3) is 155 Å². The first-order valence-electron chi connectivity index (χ1n) is 26.0. The van der Waals surface area contributed by atoms with Crippen LogP contribution >= 0.6 is 0 Å². The minimum Gasteiger partial charge on any atom is -0.309 e. The quantitative estimate of drug-likeness (QED) is 0.173. The molecule has 0 atom stereocenters. The molecule has 0 saturated heterocycles. The number of para-hydroxylation sites is 3. The fourth-order valence-corrected chi connectivity index (χ4v) is 12.4. The molecule has 5 heterocycles. The topological polar surface area (TPSA) is 58.4 Å². The van der Waals surface area contributed by atoms with Crippen molar-refractivity contribution in [3.63, 3.8) is 0 Å². The lowest BCUT2D eigenvalue weighted by molar-refractivity contribution is 0.867. The lowest BCUT2D eigenvalue weighted by atomic mass is 10.1. The molecule has 11 aromatic carbocycles. The minimum absolute atomic E-state index is 0.539. The van der Waals surface area contributed by atoms with Crippen LogP contribution in [0.15, 0.2) is 224 Å². The summed E-state index contributed by atoms with van der Waals surface area (Å²) in [7, 11) is 0. The van der Waals surface area contributed by atoms with Gasteiger partial charge in [-0.2, -0.15) is 15.0 Å². The van der Waals surface area contributed by atoms with Crippen LogP contribution in [0.3, 0.4) is 0 Å². The van der Waals surface area contributed by atoms with E-state index in [-0.39, 0.29) is 0 Å². The zero-order chi connectivity index (χ0) is 50.2. The Hall–Kier alpha value is -10.1. The van der Waals surface area contributed by atoms with E-state index in [1.54, 1.807) is 0 Å². The van der Waals surface area contributed by atoms with Crippen LogP contribution in [0.4, 0.5) is 0 Å². The fourth-order valence-electron chi connectivity index (χ4n) is 12.4. The van der Waals surface area contributed by atoms with E-state index in [2.05, 4.69) is 269 Å². The first-order chi connectivity index (χ1) is 37.6. The van der Waals surface area contributed by atoms with Crippen molar-refractivity contribution in [3.8, 4) is 34.7 Å². The molecule has 356 valence electrons. The van der Waals surface area contributed by atoms with Gasteiger partial charge in [0.15, 0.2) is 5.82 Å². The van der Waals surface area contributed by atoms with Crippen LogP contribution < -0.4 is 10.6 Å². The molecule has 76 heavy (non-hydrogen) atoms. The molecule has 0 N–H and O–H groups in total. The highest BCUT2D eigenvalue weighted by molar-refractivity contribution is 6.19. The van der Waals surface area contributed by atoms with Crippen LogP contribution in [-0.2, 0) is 0 Å². The van der Waals surface area contributed by atoms with Crippen molar-refractivity contribution in [3.05, 3.63) is 235 Å². The first-order valence-corrected chi connectivity index (χ1v) is 26.0. The molecule has 0 spiro atoms. The summed E-state index contributed by atoms with van der Waals surface area (Å²) >= 11 is 0. The zero-order valence-electron chi connectivity index (χ0n) is 41.6. The van der Waals surface area contributed by atoms with Gasteiger partial charge in [0, 0.05) is 59.9 Å². The molecule has 5 aromatic heterocycles. The van der Waals surface area contributed by atoms with Gasteiger partial charge in [0.05, 0.1) is 44.0 Å². The lowest BCUT2D eigenvalue weighted by Gasteiger charge is -2.13. The Kier molecular flexibility index (Phi) is 9.04. The Morgan fingerprint density at radius 2 is 0.684 bits per heavy atom. The Morgan fingerprint density at radius 1 is 0.289 bits per heavy atom. The summed E-state index contributed by atoms with van der Waals surface area (Å²) in [4.78, 5) is 16.7. The molecule has 0 aliphatic heterocycles. The standard InChI is InChI=1S/C69H45N7/c1-3-51-55-38-63-56(52-23-11-14-26-60(52)73(63)49-33-31-43-18-6-9-21-46(43)36-49)40-65(55)75(59(51)4-2)68-70-67(48-30-29-42-17-5-8-20-45(42)35-48)71-69(72-68)76-62-28-16-13-25-54(62)58-39-64-57(41-66(58)76)53-24-12-15-27-61(53)74(64)50-34-32-44-19-7-10-22-47(44)37-50/h3-41H,1-2H3/b51-3-,59-4+. The molecule has 7 nitrogen and oxygen atoms in total. The molecule has 0 aliphatic carbocycles. The second kappa shape index (κ2) is 16.2. The number of hydrogen-bond donors (Lipinski definition) is 0. The van der Waals surface area contributed by atoms with Gasteiger partial charge in [-0.15, -0.1) is 0 Å². The van der Waals surface area contributed by atoms with E-state index in [4.69, 9.17) is 15.0 Å². The molecular weight excluding hydrogens is 927 g/mol. The molecule has 0 bridgehead atoms. The molecule has 0 fully saturated rings. The van der Waals surface area contributed by atoms with E-state index in [0.29, 0.717) is 17.7 Å². The van der Waals surface area contributed by atoms with Crippen LogP contribution in [0.5, 0.6) is 0 Å². The fraction of sp³-hybridized carbons (Fsp3) is 0.0290. The molecule has 0 aliphatic rings. The predicted octanol–water partition coefficient (Wildman–Crippen LogP) is 15.8. The van der Waals surface area contributed by atoms with E-state index in [9.17, 15) is 0 Å². The van der Waals surface area contributed by atoms with Gasteiger partial charge in [-0.1, -0.05) is 164 Å². The monoisotopic (exact) mass is 971 g/mol. The van der Waals surface area contributed by atoms with Gasteiger partial charge >= 0.3 is 0 Å². The highest BCUT2D eigenvalue weighted by Crippen LogP contribution is 2.41. The Morgan fingerprint density at radius 3 is 1.18 bits per heavy atom. The molecule has 16 aromatic rings. The summed E-state index contributed by atoms with van der Waals surface area (Å²) in [6.45, 7) is 4.24. The van der Waals surface area contributed by atoms with Crippen molar-refractivity contribution in [2.24, 2.45) is 0 Å². The van der Waals surface area contributed by atoms with Crippen molar-refractivity contribution in [1.29, 1.82) is 0 Å². The van der Waals surface area contributed by atoms with E-state index in [0.717, 1.165) is 104 Å². The van der Waals surface area contributed by atoms with Crippen LogP contribution in [0, 0.1) is 0 Å². The van der Waals surface area contributed by atoms with Gasteiger partial charge in [-0.05, 0) is 119 Å². The van der Waals surface area contributed by atoms with Crippen LogP contribution in [-0.4, -0.2) is 33.2 Å². The predicted molar refractivity (Wildman–Crippen MR) is 317 cm³/mol. The van der Waals surface area contributed by atoms with Gasteiger partial charge in [0.2, 0.25) is 11.9 Å². The second-order valence-electron chi connectivity index (χ2n) is 19.9. The second-order valence-corrected chi connectivity index (χ2v) is 19.9. The molecule has 0 saturated carbocycles. The maximum absolute atomic E-state index is 5.65. The number of aromatic nitrogens is 7. The lowest BCUT2D eigenvalue weighted by Crippen LogP contribution is -2.29. The summed E-state index contributed by atoms with van der Waals surface area (Å²) in [6, 6.07) is 81.3. The summed E-state index contributed by atoms with van der Waals surface area (Å²) in [6.07, 6.45) is 4.42. The van der Waals surface area contributed by atoms with Crippen LogP contribution in [0.1, 0.15) is 13.8 Å². The maximum Gasteiger partial charge on any atom is 0.240 e. The molecule has 0 unspecified atom stereocenters. The SMILES string of the molecule is C/C=c1\c(=C/C)n(-c2nc(-c3ccc4ccccc4c3)nc(-n3c4ccccc4c4cc5c(cc43)c3ccccc3n5-c3ccc4ccccc4c3)n2)c2cc3c4ccccc4n(-c4ccc5ccccc5c4)c3cc12.